The second kappa shape index (κ2) is 13.8. The first-order chi connectivity index (χ1) is 18.6. The van der Waals surface area contributed by atoms with Crippen molar-refractivity contribution in [3.8, 4) is 11.1 Å². The summed E-state index contributed by atoms with van der Waals surface area (Å²) in [5.74, 6) is -3.29. The molecule has 2 aromatic carbocycles. The summed E-state index contributed by atoms with van der Waals surface area (Å²) >= 11 is 0. The molecule has 0 aromatic heterocycles. The van der Waals surface area contributed by atoms with Gasteiger partial charge in [0.05, 0.1) is 12.2 Å². The fourth-order valence-electron chi connectivity index (χ4n) is 4.77. The highest BCUT2D eigenvalue weighted by Gasteiger charge is 2.32. The zero-order chi connectivity index (χ0) is 28.6. The van der Waals surface area contributed by atoms with Crippen molar-refractivity contribution >= 4 is 5.57 Å². The smallest absolute Gasteiger partial charge is 0.424 e. The molecule has 1 fully saturated rings. The molecule has 0 saturated heterocycles. The van der Waals surface area contributed by atoms with Crippen LogP contribution in [0, 0.1) is 5.82 Å². The molecule has 212 valence electrons. The Labute approximate surface area is 223 Å². The minimum absolute atomic E-state index is 0.0151. The van der Waals surface area contributed by atoms with Crippen LogP contribution in [0.25, 0.3) is 16.7 Å². The van der Waals surface area contributed by atoms with E-state index < -0.39 is 42.3 Å². The molecule has 0 amide bonds. The van der Waals surface area contributed by atoms with E-state index in [1.165, 1.54) is 17.7 Å². The van der Waals surface area contributed by atoms with Crippen molar-refractivity contribution in [2.45, 2.75) is 64.1 Å². The van der Waals surface area contributed by atoms with Crippen LogP contribution in [0.2, 0.25) is 0 Å². The maximum atomic E-state index is 15.1. The van der Waals surface area contributed by atoms with E-state index in [9.17, 15) is 26.3 Å². The van der Waals surface area contributed by atoms with Crippen LogP contribution >= 0.6 is 0 Å². The number of hydrogen-bond donors (Lipinski definition) is 0. The molecule has 0 bridgehead atoms. The molecular formula is C30H31F7O2. The molecule has 0 N–H and O–H groups in total. The lowest BCUT2D eigenvalue weighted by Crippen LogP contribution is -2.20. The molecule has 0 spiro atoms. The van der Waals surface area contributed by atoms with Gasteiger partial charge in [-0.3, -0.25) is 0 Å². The highest BCUT2D eigenvalue weighted by molar-refractivity contribution is 5.72. The van der Waals surface area contributed by atoms with E-state index in [2.05, 4.69) is 4.74 Å². The average Bonchev–Trinajstić information content (AvgIpc) is 2.90. The van der Waals surface area contributed by atoms with Crippen molar-refractivity contribution < 1.29 is 40.2 Å². The fourth-order valence-corrected chi connectivity index (χ4v) is 4.77. The molecule has 0 aliphatic heterocycles. The SMILES string of the molecule is CCOC1CCC(c2ccc(-c3ccc(/C(=C/C(F)=C(\CF)OC(F)(F)C=C(F)F)CC)c(F)c3)cc2)CC1. The first-order valence-corrected chi connectivity index (χ1v) is 12.8. The molecular weight excluding hydrogens is 525 g/mol. The van der Waals surface area contributed by atoms with Crippen molar-refractivity contribution in [2.24, 2.45) is 0 Å². The lowest BCUT2D eigenvalue weighted by atomic mass is 9.82. The largest absolute Gasteiger partial charge is 0.428 e. The van der Waals surface area contributed by atoms with Crippen LogP contribution < -0.4 is 0 Å². The summed E-state index contributed by atoms with van der Waals surface area (Å²) in [7, 11) is 0. The van der Waals surface area contributed by atoms with Gasteiger partial charge in [-0.25, -0.2) is 13.2 Å². The molecule has 0 unspecified atom stereocenters. The third kappa shape index (κ3) is 8.46. The molecule has 3 rings (SSSR count). The molecule has 39 heavy (non-hydrogen) atoms. The summed E-state index contributed by atoms with van der Waals surface area (Å²) in [4.78, 5) is 0. The summed E-state index contributed by atoms with van der Waals surface area (Å²) in [5.41, 5.74) is 2.61. The average molecular weight is 557 g/mol. The molecule has 2 nitrogen and oxygen atoms in total. The lowest BCUT2D eigenvalue weighted by Gasteiger charge is -2.28. The number of hydrogen-bond acceptors (Lipinski definition) is 2. The highest BCUT2D eigenvalue weighted by atomic mass is 19.3. The first-order valence-electron chi connectivity index (χ1n) is 12.8. The molecule has 0 atom stereocenters. The van der Waals surface area contributed by atoms with Crippen LogP contribution in [0.5, 0.6) is 0 Å². The van der Waals surface area contributed by atoms with Crippen LogP contribution in [0.4, 0.5) is 30.7 Å². The molecule has 9 heteroatoms. The number of ether oxygens (including phenoxy) is 2. The van der Waals surface area contributed by atoms with Crippen molar-refractivity contribution in [2.75, 3.05) is 13.3 Å². The van der Waals surface area contributed by atoms with Gasteiger partial charge in [0.15, 0.2) is 11.6 Å². The van der Waals surface area contributed by atoms with Crippen molar-refractivity contribution in [3.63, 3.8) is 0 Å². The van der Waals surface area contributed by atoms with Crippen LogP contribution in [-0.4, -0.2) is 25.5 Å². The molecule has 0 radical (unpaired) electrons. The maximum Gasteiger partial charge on any atom is 0.424 e. The van der Waals surface area contributed by atoms with Gasteiger partial charge < -0.3 is 9.47 Å². The normalized spacial score (nSPS) is 18.9. The Morgan fingerprint density at radius 1 is 0.949 bits per heavy atom. The minimum Gasteiger partial charge on any atom is -0.428 e. The Balaban J connectivity index is 1.78. The van der Waals surface area contributed by atoms with E-state index in [0.717, 1.165) is 31.2 Å². The van der Waals surface area contributed by atoms with Crippen LogP contribution in [0.3, 0.4) is 0 Å². The van der Waals surface area contributed by atoms with Gasteiger partial charge in [-0.05, 0) is 79.4 Å². The number of benzene rings is 2. The summed E-state index contributed by atoms with van der Waals surface area (Å²) < 4.78 is 103. The summed E-state index contributed by atoms with van der Waals surface area (Å²) in [6.45, 7) is 2.46. The Morgan fingerprint density at radius 2 is 1.59 bits per heavy atom. The Bertz CT molecular complexity index is 1190. The van der Waals surface area contributed by atoms with Crippen LogP contribution in [-0.2, 0) is 9.47 Å². The molecule has 0 heterocycles. The third-order valence-electron chi connectivity index (χ3n) is 6.71. The van der Waals surface area contributed by atoms with Gasteiger partial charge >= 0.3 is 6.11 Å². The van der Waals surface area contributed by atoms with Crippen LogP contribution in [0.15, 0.2) is 72.3 Å². The third-order valence-corrected chi connectivity index (χ3v) is 6.71. The van der Waals surface area contributed by atoms with E-state index in [1.807, 2.05) is 31.2 Å². The van der Waals surface area contributed by atoms with E-state index in [1.54, 1.807) is 13.0 Å². The zero-order valence-electron chi connectivity index (χ0n) is 21.8. The van der Waals surface area contributed by atoms with Gasteiger partial charge in [0.2, 0.25) is 0 Å². The summed E-state index contributed by atoms with van der Waals surface area (Å²) in [6, 6.07) is 12.2. The van der Waals surface area contributed by atoms with Gasteiger partial charge in [-0.1, -0.05) is 43.3 Å². The second-order valence-electron chi connectivity index (χ2n) is 9.27. The Morgan fingerprint density at radius 3 is 2.13 bits per heavy atom. The Kier molecular flexibility index (Phi) is 10.8. The van der Waals surface area contributed by atoms with Gasteiger partial charge in [-0.15, -0.1) is 0 Å². The molecule has 2 aromatic rings. The van der Waals surface area contributed by atoms with Crippen molar-refractivity contribution in [3.05, 3.63) is 89.2 Å². The van der Waals surface area contributed by atoms with Crippen molar-refractivity contribution in [1.82, 2.24) is 0 Å². The highest BCUT2D eigenvalue weighted by Crippen LogP contribution is 2.36. The van der Waals surface area contributed by atoms with E-state index >= 15 is 4.39 Å². The summed E-state index contributed by atoms with van der Waals surface area (Å²) in [5, 5.41) is 0. The summed E-state index contributed by atoms with van der Waals surface area (Å²) in [6.07, 6.45) is -3.09. The molecule has 1 aliphatic carbocycles. The minimum atomic E-state index is -4.62. The van der Waals surface area contributed by atoms with Crippen LogP contribution in [0.1, 0.15) is 63.0 Å². The Hall–Kier alpha value is -3.07. The topological polar surface area (TPSA) is 18.5 Å². The van der Waals surface area contributed by atoms with E-state index in [-0.39, 0.29) is 17.6 Å². The second-order valence-corrected chi connectivity index (χ2v) is 9.27. The lowest BCUT2D eigenvalue weighted by molar-refractivity contribution is -0.178. The van der Waals surface area contributed by atoms with E-state index in [4.69, 9.17) is 4.74 Å². The van der Waals surface area contributed by atoms with Gasteiger partial charge in [0.1, 0.15) is 12.5 Å². The molecule has 1 saturated carbocycles. The van der Waals surface area contributed by atoms with Gasteiger partial charge in [0.25, 0.3) is 6.08 Å². The number of alkyl halides is 3. The first kappa shape index (κ1) is 30.5. The predicted octanol–water partition coefficient (Wildman–Crippen LogP) is 9.89. The zero-order valence-corrected chi connectivity index (χ0v) is 21.8. The standard InChI is InChI=1S/C30H31F7O2/c1-3-19(15-27(33)28(18-31)39-30(36,37)17-29(34)35)25-14-11-23(16-26(25)32)22-7-5-20(6-8-22)21-9-12-24(13-10-21)38-4-2/h5-8,11,14-17,21,24H,3-4,9-10,12-13,18H2,1-2H3/b19-15+,28-27-. The predicted molar refractivity (Wildman–Crippen MR) is 137 cm³/mol. The van der Waals surface area contributed by atoms with E-state index in [0.29, 0.717) is 30.3 Å². The molecule has 1 aliphatic rings. The fraction of sp³-hybridized carbons (Fsp3) is 0.400. The van der Waals surface area contributed by atoms with Gasteiger partial charge in [-0.2, -0.15) is 17.6 Å². The monoisotopic (exact) mass is 556 g/mol. The number of rotatable bonds is 11. The number of allylic oxidation sites excluding steroid dienone is 4. The van der Waals surface area contributed by atoms with Crippen molar-refractivity contribution in [1.29, 1.82) is 0 Å². The maximum absolute atomic E-state index is 15.1. The quantitative estimate of drug-likeness (QED) is 0.156. The van der Waals surface area contributed by atoms with Gasteiger partial charge in [0, 0.05) is 12.2 Å². The number of halogens is 7.